The molecule has 4 aromatic rings. The Morgan fingerprint density at radius 2 is 1.80 bits per heavy atom. The number of benzene rings is 2. The van der Waals surface area contributed by atoms with Crippen LogP contribution in [0.3, 0.4) is 0 Å². The first-order valence-corrected chi connectivity index (χ1v) is 22.8. The van der Waals surface area contributed by atoms with Crippen LogP contribution in [-0.2, 0) is 52.8 Å². The molecule has 342 valence electrons. The van der Waals surface area contributed by atoms with E-state index in [1.54, 1.807) is 25.3 Å². The molecule has 7 rings (SSSR count). The Labute approximate surface area is 377 Å². The third-order valence-electron chi connectivity index (χ3n) is 13.3. The lowest BCUT2D eigenvalue weighted by atomic mass is 9.84. The third kappa shape index (κ3) is 9.58. The van der Waals surface area contributed by atoms with Gasteiger partial charge in [0.1, 0.15) is 18.1 Å². The minimum atomic E-state index is -1.04. The number of aryl methyl sites for hydroxylation is 1. The molecule has 0 spiro atoms. The Kier molecular flexibility index (Phi) is 14.0. The highest BCUT2D eigenvalue weighted by atomic mass is 16.5. The van der Waals surface area contributed by atoms with Crippen molar-refractivity contribution in [2.45, 2.75) is 111 Å². The second-order valence-corrected chi connectivity index (χ2v) is 18.9. The number of amides is 4. The zero-order chi connectivity index (χ0) is 46.0. The maximum atomic E-state index is 14.7. The number of carbonyl (C=O) groups is 5. The number of hydrogen-bond acceptors (Lipinski definition) is 9. The highest BCUT2D eigenvalue weighted by molar-refractivity contribution is 5.96. The highest BCUT2D eigenvalue weighted by Crippen LogP contribution is 2.42. The van der Waals surface area contributed by atoms with Gasteiger partial charge in [-0.3, -0.25) is 34.0 Å². The number of hydrazine groups is 1. The van der Waals surface area contributed by atoms with Crippen molar-refractivity contribution in [1.29, 1.82) is 0 Å². The molecule has 0 aliphatic carbocycles. The van der Waals surface area contributed by atoms with E-state index in [0.29, 0.717) is 51.9 Å². The van der Waals surface area contributed by atoms with Crippen molar-refractivity contribution in [3.63, 3.8) is 0 Å². The highest BCUT2D eigenvalue weighted by Gasteiger charge is 2.40. The smallest absolute Gasteiger partial charge is 0.324 e. The van der Waals surface area contributed by atoms with Crippen molar-refractivity contribution in [1.82, 2.24) is 35.1 Å². The zero-order valence-corrected chi connectivity index (χ0v) is 38.9. The van der Waals surface area contributed by atoms with Gasteiger partial charge in [0.05, 0.1) is 30.0 Å². The van der Waals surface area contributed by atoms with Gasteiger partial charge in [-0.25, -0.2) is 5.43 Å². The van der Waals surface area contributed by atoms with E-state index in [1.807, 2.05) is 39.0 Å². The Morgan fingerprint density at radius 3 is 2.50 bits per heavy atom. The maximum Gasteiger partial charge on any atom is 0.324 e. The second kappa shape index (κ2) is 19.2. The quantitative estimate of drug-likeness (QED) is 0.190. The molecular formula is C50H65N7O7. The van der Waals surface area contributed by atoms with Crippen molar-refractivity contribution < 1.29 is 33.4 Å². The predicted octanol–water partition coefficient (Wildman–Crippen LogP) is 6.10. The molecule has 2 N–H and O–H groups in total. The predicted molar refractivity (Wildman–Crippen MR) is 245 cm³/mol. The Bertz CT molecular complexity index is 2410. The van der Waals surface area contributed by atoms with E-state index >= 15 is 0 Å². The van der Waals surface area contributed by atoms with Crippen molar-refractivity contribution in [2.75, 3.05) is 40.4 Å². The molecule has 14 heteroatoms. The molecule has 3 aliphatic rings. The van der Waals surface area contributed by atoms with E-state index in [2.05, 4.69) is 72.5 Å². The van der Waals surface area contributed by atoms with Gasteiger partial charge in [-0.15, -0.1) is 0 Å². The average Bonchev–Trinajstić information content (AvgIpc) is 3.90. The molecule has 2 saturated heterocycles. The number of cyclic esters (lactones) is 1. The van der Waals surface area contributed by atoms with Crippen LogP contribution >= 0.6 is 0 Å². The summed E-state index contributed by atoms with van der Waals surface area (Å²) in [6.45, 7) is 15.6. The Morgan fingerprint density at radius 1 is 1.03 bits per heavy atom. The van der Waals surface area contributed by atoms with Crippen LogP contribution in [0.4, 0.5) is 0 Å². The lowest BCUT2D eigenvalue weighted by Crippen LogP contribution is -2.62. The van der Waals surface area contributed by atoms with Crippen molar-refractivity contribution in [3.8, 4) is 22.4 Å². The van der Waals surface area contributed by atoms with Gasteiger partial charge >= 0.3 is 5.97 Å². The largest absolute Gasteiger partial charge is 0.464 e. The minimum Gasteiger partial charge on any atom is -0.464 e. The molecule has 2 aromatic carbocycles. The van der Waals surface area contributed by atoms with E-state index in [4.69, 9.17) is 14.5 Å². The van der Waals surface area contributed by atoms with Crippen molar-refractivity contribution in [2.24, 2.45) is 17.3 Å². The number of nitrogens with zero attached hydrogens (tertiary/aromatic N) is 5. The van der Waals surface area contributed by atoms with Crippen LogP contribution in [0.25, 0.3) is 33.3 Å². The monoisotopic (exact) mass is 875 g/mol. The second-order valence-electron chi connectivity index (χ2n) is 18.9. The molecule has 4 amide bonds. The van der Waals surface area contributed by atoms with E-state index in [9.17, 15) is 24.0 Å². The van der Waals surface area contributed by atoms with Gasteiger partial charge < -0.3 is 29.2 Å². The number of pyridine rings is 1. The maximum absolute atomic E-state index is 14.7. The molecule has 0 saturated carbocycles. The number of likely N-dealkylation sites (tertiary alicyclic amines) is 1. The fourth-order valence-corrected chi connectivity index (χ4v) is 9.84. The summed E-state index contributed by atoms with van der Waals surface area (Å²) in [4.78, 5) is 76.9. The Hall–Kier alpha value is -5.60. The molecule has 1 unspecified atom stereocenters. The summed E-state index contributed by atoms with van der Waals surface area (Å²) < 4.78 is 14.3. The van der Waals surface area contributed by atoms with Crippen LogP contribution < -0.4 is 10.7 Å². The topological polar surface area (TPSA) is 155 Å². The molecule has 0 radical (unpaired) electrons. The first-order chi connectivity index (χ1) is 30.5. The first kappa shape index (κ1) is 46.4. The molecule has 64 heavy (non-hydrogen) atoms. The fourth-order valence-electron chi connectivity index (χ4n) is 9.84. The molecule has 5 heterocycles. The standard InChI is InChI=1S/C50H65N7O7/c1-10-56-42-19-18-35-26-38(42)39(45(56)37-16-12-21-51-43(37)31(4)63-9)27-50(6,7)29-64-49(62)40-17-13-22-57(53-40)48(61)41(25-33-14-11-15-34(35)24-33)52-46(59)44(30(2)3)54(8)47(60)36-20-23-55(28-36)32(5)58/h11-12,14-16,18-19,21,24,26,30-31,36,40-41,44,53H,10,13,17,20,22-23,25,27-29H2,1-9H3,(H,52,59)/t31-,36-,40-,41-,44?/m0/s1. The number of fused-ring (bicyclic) bond motifs is 6. The van der Waals surface area contributed by atoms with Gasteiger partial charge in [0.15, 0.2) is 0 Å². The lowest BCUT2D eigenvalue weighted by Gasteiger charge is -2.37. The fraction of sp³-hybridized carbons (Fsp3) is 0.520. The number of esters is 1. The number of aromatic nitrogens is 2. The number of rotatable bonds is 9. The summed E-state index contributed by atoms with van der Waals surface area (Å²) in [5, 5.41) is 5.59. The summed E-state index contributed by atoms with van der Waals surface area (Å²) in [7, 11) is 3.31. The Balaban J connectivity index is 1.30. The molecular weight excluding hydrogens is 811 g/mol. The number of ether oxygens (including phenoxy) is 2. The minimum absolute atomic E-state index is 0.0854. The SMILES string of the molecule is CCn1c(-c2cccnc2[C@H](C)OC)c2c3cc(ccc31)-c1cccc(c1)C[C@H](NC(=O)C(C(C)C)N(C)C(=O)[C@H]1CCN(C(C)=O)C1)C(=O)N1CCC[C@H](N1)C(=O)OCC(C)(C)C2. The van der Waals surface area contributed by atoms with Gasteiger partial charge in [-0.2, -0.15) is 0 Å². The molecule has 6 bridgehead atoms. The summed E-state index contributed by atoms with van der Waals surface area (Å²) in [5.41, 5.74) is 10.5. The van der Waals surface area contributed by atoms with Gasteiger partial charge in [0, 0.05) is 81.8 Å². The van der Waals surface area contributed by atoms with Crippen LogP contribution in [0, 0.1) is 17.3 Å². The van der Waals surface area contributed by atoms with Gasteiger partial charge in [0.25, 0.3) is 5.91 Å². The molecule has 3 aliphatic heterocycles. The zero-order valence-electron chi connectivity index (χ0n) is 38.9. The summed E-state index contributed by atoms with van der Waals surface area (Å²) in [6.07, 6.45) is 3.85. The van der Waals surface area contributed by atoms with Crippen molar-refractivity contribution >= 4 is 40.5 Å². The normalized spacial score (nSPS) is 21.3. The summed E-state index contributed by atoms with van der Waals surface area (Å²) in [5.74, 6) is -2.29. The number of nitrogens with one attached hydrogen (secondary N) is 2. The van der Waals surface area contributed by atoms with Crippen LogP contribution in [0.1, 0.15) is 90.7 Å². The van der Waals surface area contributed by atoms with E-state index in [-0.39, 0.29) is 42.8 Å². The number of carbonyl (C=O) groups excluding carboxylic acids is 5. The molecule has 2 aromatic heterocycles. The summed E-state index contributed by atoms with van der Waals surface area (Å²) >= 11 is 0. The average molecular weight is 876 g/mol. The van der Waals surface area contributed by atoms with Crippen LogP contribution in [0.5, 0.6) is 0 Å². The molecule has 2 fully saturated rings. The van der Waals surface area contributed by atoms with E-state index < -0.39 is 41.3 Å². The van der Waals surface area contributed by atoms with E-state index in [1.165, 1.54) is 16.8 Å². The van der Waals surface area contributed by atoms with Crippen LogP contribution in [0.15, 0.2) is 60.8 Å². The van der Waals surface area contributed by atoms with Crippen LogP contribution in [-0.4, -0.2) is 112 Å². The number of hydrogen-bond donors (Lipinski definition) is 2. The third-order valence-corrected chi connectivity index (χ3v) is 13.3. The van der Waals surface area contributed by atoms with Gasteiger partial charge in [-0.1, -0.05) is 58.0 Å². The van der Waals surface area contributed by atoms with Crippen molar-refractivity contribution in [3.05, 3.63) is 77.6 Å². The van der Waals surface area contributed by atoms with Gasteiger partial charge in [0.2, 0.25) is 17.7 Å². The van der Waals surface area contributed by atoms with Crippen LogP contribution in [0.2, 0.25) is 0 Å². The van der Waals surface area contributed by atoms with E-state index in [0.717, 1.165) is 50.1 Å². The number of methoxy groups -OCH3 is 1. The first-order valence-electron chi connectivity index (χ1n) is 22.8. The number of likely N-dealkylation sites (N-methyl/N-ethyl adjacent to an activating group) is 1. The molecule has 5 atom stereocenters. The lowest BCUT2D eigenvalue weighted by molar-refractivity contribution is -0.155. The molecule has 14 nitrogen and oxygen atoms in total. The van der Waals surface area contributed by atoms with Gasteiger partial charge in [-0.05, 0) is 92.0 Å². The summed E-state index contributed by atoms with van der Waals surface area (Å²) in [6, 6.07) is 15.9.